The summed E-state index contributed by atoms with van der Waals surface area (Å²) in [6.45, 7) is 7.08. The maximum Gasteiger partial charge on any atom is 0.243 e. The van der Waals surface area contributed by atoms with Crippen molar-refractivity contribution in [3.8, 4) is 5.75 Å². The Balaban J connectivity index is 1.89. The second-order valence-corrected chi connectivity index (χ2v) is 12.3. The summed E-state index contributed by atoms with van der Waals surface area (Å²) in [4.78, 5) is 29.1. The number of sulfonamides is 1. The van der Waals surface area contributed by atoms with Crippen molar-refractivity contribution < 1.29 is 22.7 Å². The lowest BCUT2D eigenvalue weighted by atomic mass is 10.0. The van der Waals surface area contributed by atoms with Crippen LogP contribution in [0.25, 0.3) is 0 Å². The van der Waals surface area contributed by atoms with Crippen molar-refractivity contribution in [3.05, 3.63) is 95.6 Å². The molecule has 1 N–H and O–H groups in total. The van der Waals surface area contributed by atoms with Gasteiger partial charge < -0.3 is 15.0 Å². The van der Waals surface area contributed by atoms with Crippen molar-refractivity contribution in [2.45, 2.75) is 59.0 Å². The fraction of sp³-hybridized carbons (Fsp3) is 0.394. The van der Waals surface area contributed by atoms with Gasteiger partial charge in [-0.1, -0.05) is 79.2 Å². The minimum absolute atomic E-state index is 0.0704. The predicted molar refractivity (Wildman–Crippen MR) is 168 cm³/mol. The van der Waals surface area contributed by atoms with Crippen LogP contribution in [0.2, 0.25) is 0 Å². The van der Waals surface area contributed by atoms with E-state index in [4.69, 9.17) is 4.74 Å². The maximum absolute atomic E-state index is 13.9. The van der Waals surface area contributed by atoms with Gasteiger partial charge >= 0.3 is 0 Å². The van der Waals surface area contributed by atoms with E-state index in [1.54, 1.807) is 29.2 Å². The standard InChI is InChI=1S/C33H43N3O5S/c1-5-21-34-33(38)30(24-27-15-8-7-9-16-27)35(25-28-17-12-14-26(3)23-28)32(37)20-13-22-36(42(4,39)40)29-18-10-11-19-31(29)41-6-2/h7-12,14-19,23,30H,5-6,13,20-22,24-25H2,1-4H3,(H,34,38)/t30-/m1/s1. The van der Waals surface area contributed by atoms with Gasteiger partial charge in [-0.3, -0.25) is 13.9 Å². The number of anilines is 1. The lowest BCUT2D eigenvalue weighted by Gasteiger charge is -2.32. The molecule has 0 bridgehead atoms. The van der Waals surface area contributed by atoms with Crippen LogP contribution in [-0.4, -0.2) is 57.1 Å². The van der Waals surface area contributed by atoms with Crippen LogP contribution in [0.5, 0.6) is 5.75 Å². The Kier molecular flexibility index (Phi) is 12.4. The Hall–Kier alpha value is -3.85. The zero-order chi connectivity index (χ0) is 30.5. The lowest BCUT2D eigenvalue weighted by molar-refractivity contribution is -0.141. The van der Waals surface area contributed by atoms with Crippen LogP contribution in [0.3, 0.4) is 0 Å². The SMILES string of the molecule is CCCNC(=O)[C@@H](Cc1ccccc1)N(Cc1cccc(C)c1)C(=O)CCCN(c1ccccc1OCC)S(C)(=O)=O. The van der Waals surface area contributed by atoms with E-state index in [0.717, 1.165) is 29.4 Å². The van der Waals surface area contributed by atoms with Crippen molar-refractivity contribution >= 4 is 27.5 Å². The van der Waals surface area contributed by atoms with Crippen LogP contribution >= 0.6 is 0 Å². The molecule has 0 aromatic heterocycles. The van der Waals surface area contributed by atoms with Gasteiger partial charge in [-0.2, -0.15) is 0 Å². The Morgan fingerprint density at radius 2 is 1.62 bits per heavy atom. The van der Waals surface area contributed by atoms with Crippen molar-refractivity contribution in [2.24, 2.45) is 0 Å². The van der Waals surface area contributed by atoms with Crippen molar-refractivity contribution in [3.63, 3.8) is 0 Å². The zero-order valence-corrected chi connectivity index (χ0v) is 25.9. The van der Waals surface area contributed by atoms with Crippen molar-refractivity contribution in [1.29, 1.82) is 0 Å². The maximum atomic E-state index is 13.9. The van der Waals surface area contributed by atoms with E-state index < -0.39 is 16.1 Å². The Morgan fingerprint density at radius 1 is 0.929 bits per heavy atom. The minimum atomic E-state index is -3.65. The number of ether oxygens (including phenoxy) is 1. The third kappa shape index (κ3) is 9.62. The monoisotopic (exact) mass is 593 g/mol. The Morgan fingerprint density at radius 3 is 2.29 bits per heavy atom. The molecule has 3 rings (SSSR count). The van der Waals surface area contributed by atoms with Crippen LogP contribution in [0.1, 0.15) is 49.8 Å². The number of carbonyl (C=O) groups excluding carboxylic acids is 2. The molecule has 0 heterocycles. The number of amides is 2. The summed E-state index contributed by atoms with van der Waals surface area (Å²) in [5, 5.41) is 2.98. The summed E-state index contributed by atoms with van der Waals surface area (Å²) in [5.74, 6) is 0.0501. The molecule has 0 unspecified atom stereocenters. The van der Waals surface area contributed by atoms with E-state index in [1.807, 2.05) is 75.4 Å². The fourth-order valence-electron chi connectivity index (χ4n) is 4.85. The van der Waals surface area contributed by atoms with Gasteiger partial charge in [0.25, 0.3) is 0 Å². The molecule has 0 spiro atoms. The van der Waals surface area contributed by atoms with E-state index in [0.29, 0.717) is 31.0 Å². The van der Waals surface area contributed by atoms with Gasteiger partial charge in [0, 0.05) is 32.5 Å². The lowest BCUT2D eigenvalue weighted by Crippen LogP contribution is -2.50. The second kappa shape index (κ2) is 16.0. The first kappa shape index (κ1) is 32.7. The molecule has 9 heteroatoms. The number of benzene rings is 3. The number of carbonyl (C=O) groups is 2. The highest BCUT2D eigenvalue weighted by atomic mass is 32.2. The molecule has 1 atom stereocenters. The molecule has 0 saturated carbocycles. The van der Waals surface area contributed by atoms with Gasteiger partial charge in [0.2, 0.25) is 21.8 Å². The molecule has 226 valence electrons. The normalized spacial score (nSPS) is 11.9. The first-order valence-electron chi connectivity index (χ1n) is 14.5. The summed E-state index contributed by atoms with van der Waals surface area (Å²) < 4.78 is 32.5. The smallest absolute Gasteiger partial charge is 0.243 e. The average molecular weight is 594 g/mol. The number of nitrogens with one attached hydrogen (secondary N) is 1. The highest BCUT2D eigenvalue weighted by Gasteiger charge is 2.30. The van der Waals surface area contributed by atoms with Gasteiger partial charge in [0.05, 0.1) is 18.6 Å². The van der Waals surface area contributed by atoms with Crippen molar-refractivity contribution in [1.82, 2.24) is 10.2 Å². The fourth-order valence-corrected chi connectivity index (χ4v) is 5.82. The summed E-state index contributed by atoms with van der Waals surface area (Å²) in [5.41, 5.74) is 3.37. The molecule has 3 aromatic rings. The molecule has 8 nitrogen and oxygen atoms in total. The van der Waals surface area contributed by atoms with E-state index in [1.165, 1.54) is 4.31 Å². The number of hydrogen-bond acceptors (Lipinski definition) is 5. The first-order chi connectivity index (χ1) is 20.1. The summed E-state index contributed by atoms with van der Waals surface area (Å²) >= 11 is 0. The van der Waals surface area contributed by atoms with E-state index in [9.17, 15) is 18.0 Å². The van der Waals surface area contributed by atoms with Gasteiger partial charge in [-0.05, 0) is 49.9 Å². The summed E-state index contributed by atoms with van der Waals surface area (Å²) in [6, 6.07) is 23.8. The van der Waals surface area contributed by atoms with Crippen molar-refractivity contribution in [2.75, 3.05) is 30.3 Å². The molecule has 0 radical (unpaired) electrons. The highest BCUT2D eigenvalue weighted by molar-refractivity contribution is 7.92. The second-order valence-electron chi connectivity index (χ2n) is 10.3. The average Bonchev–Trinajstić information content (AvgIpc) is 2.96. The van der Waals surface area contributed by atoms with Gasteiger partial charge in [0.15, 0.2) is 0 Å². The third-order valence-electron chi connectivity index (χ3n) is 6.84. The summed E-state index contributed by atoms with van der Waals surface area (Å²) in [7, 11) is -3.65. The van der Waals surface area contributed by atoms with Crippen LogP contribution in [0.15, 0.2) is 78.9 Å². The number of hydrogen-bond donors (Lipinski definition) is 1. The Bertz CT molecular complexity index is 1410. The third-order valence-corrected chi connectivity index (χ3v) is 8.02. The molecular formula is C33H43N3O5S. The molecule has 0 aliphatic carbocycles. The molecule has 42 heavy (non-hydrogen) atoms. The summed E-state index contributed by atoms with van der Waals surface area (Å²) in [6.07, 6.45) is 2.63. The van der Waals surface area contributed by atoms with E-state index in [-0.39, 0.29) is 37.7 Å². The number of nitrogens with zero attached hydrogens (tertiary/aromatic N) is 2. The van der Waals surface area contributed by atoms with Gasteiger partial charge in [-0.25, -0.2) is 8.42 Å². The first-order valence-corrected chi connectivity index (χ1v) is 16.3. The van der Waals surface area contributed by atoms with Crippen LogP contribution < -0.4 is 14.4 Å². The van der Waals surface area contributed by atoms with Crippen LogP contribution in [-0.2, 0) is 32.6 Å². The molecule has 3 aromatic carbocycles. The molecule has 0 aliphatic heterocycles. The Labute approximate surface area is 250 Å². The largest absolute Gasteiger partial charge is 0.492 e. The van der Waals surface area contributed by atoms with Crippen LogP contribution in [0, 0.1) is 6.92 Å². The predicted octanol–water partition coefficient (Wildman–Crippen LogP) is 5.11. The molecule has 2 amide bonds. The quantitative estimate of drug-likeness (QED) is 0.249. The van der Waals surface area contributed by atoms with Gasteiger partial charge in [0.1, 0.15) is 11.8 Å². The number of rotatable bonds is 16. The zero-order valence-electron chi connectivity index (χ0n) is 25.1. The molecular weight excluding hydrogens is 550 g/mol. The minimum Gasteiger partial charge on any atom is -0.492 e. The topological polar surface area (TPSA) is 96.0 Å². The molecule has 0 saturated heterocycles. The van der Waals surface area contributed by atoms with Gasteiger partial charge in [-0.15, -0.1) is 0 Å². The van der Waals surface area contributed by atoms with E-state index in [2.05, 4.69) is 5.32 Å². The molecule has 0 fully saturated rings. The van der Waals surface area contributed by atoms with Crippen LogP contribution in [0.4, 0.5) is 5.69 Å². The highest BCUT2D eigenvalue weighted by Crippen LogP contribution is 2.30. The van der Waals surface area contributed by atoms with E-state index >= 15 is 0 Å². The number of aryl methyl sites for hydroxylation is 1. The number of para-hydroxylation sites is 2. The molecule has 0 aliphatic rings.